The van der Waals surface area contributed by atoms with Crippen LogP contribution in [0.3, 0.4) is 0 Å². The summed E-state index contributed by atoms with van der Waals surface area (Å²) >= 11 is 6.06. The molecule has 0 aliphatic rings. The molecule has 0 spiro atoms. The highest BCUT2D eigenvalue weighted by atomic mass is 35.5. The van der Waals surface area contributed by atoms with Gasteiger partial charge in [-0.1, -0.05) is 57.3 Å². The van der Waals surface area contributed by atoms with Crippen molar-refractivity contribution in [3.63, 3.8) is 0 Å². The van der Waals surface area contributed by atoms with Crippen LogP contribution in [0, 0.1) is 11.8 Å². The summed E-state index contributed by atoms with van der Waals surface area (Å²) in [4.78, 5) is 0. The fourth-order valence-electron chi connectivity index (χ4n) is 2.46. The van der Waals surface area contributed by atoms with E-state index in [0.717, 1.165) is 30.5 Å². The van der Waals surface area contributed by atoms with Crippen LogP contribution >= 0.6 is 11.6 Å². The van der Waals surface area contributed by atoms with Gasteiger partial charge in [0.15, 0.2) is 0 Å². The van der Waals surface area contributed by atoms with Crippen LogP contribution in [0.4, 0.5) is 0 Å². The summed E-state index contributed by atoms with van der Waals surface area (Å²) in [5, 5.41) is 4.33. The van der Waals surface area contributed by atoms with Crippen LogP contribution in [0.1, 0.15) is 39.2 Å². The van der Waals surface area contributed by atoms with Gasteiger partial charge in [-0.05, 0) is 49.0 Å². The van der Waals surface area contributed by atoms with Crippen molar-refractivity contribution in [3.8, 4) is 0 Å². The van der Waals surface area contributed by atoms with Crippen molar-refractivity contribution in [2.45, 2.75) is 40.0 Å². The van der Waals surface area contributed by atoms with Crippen LogP contribution < -0.4 is 5.32 Å². The number of halogens is 1. The Hall–Kier alpha value is -0.530. The molecule has 102 valence electrons. The van der Waals surface area contributed by atoms with E-state index < -0.39 is 0 Å². The van der Waals surface area contributed by atoms with Gasteiger partial charge >= 0.3 is 0 Å². The zero-order valence-electron chi connectivity index (χ0n) is 11.9. The number of hydrogen-bond acceptors (Lipinski definition) is 1. The summed E-state index contributed by atoms with van der Waals surface area (Å²) < 4.78 is 0. The summed E-state index contributed by atoms with van der Waals surface area (Å²) in [5.74, 6) is 1.45. The van der Waals surface area contributed by atoms with E-state index in [1.807, 2.05) is 12.1 Å². The molecule has 0 amide bonds. The molecule has 1 nitrogen and oxygen atoms in total. The topological polar surface area (TPSA) is 12.0 Å². The molecule has 1 aromatic rings. The third-order valence-electron chi connectivity index (χ3n) is 3.59. The maximum Gasteiger partial charge on any atom is 0.0408 e. The van der Waals surface area contributed by atoms with Crippen molar-refractivity contribution in [1.29, 1.82) is 0 Å². The van der Waals surface area contributed by atoms with E-state index in [9.17, 15) is 0 Å². The average molecular weight is 268 g/mol. The molecule has 2 atom stereocenters. The number of rotatable bonds is 8. The van der Waals surface area contributed by atoms with Crippen molar-refractivity contribution in [3.05, 3.63) is 34.9 Å². The van der Waals surface area contributed by atoms with Gasteiger partial charge in [0.1, 0.15) is 0 Å². The second-order valence-electron chi connectivity index (χ2n) is 5.17. The van der Waals surface area contributed by atoms with Crippen LogP contribution in [0.2, 0.25) is 5.02 Å². The minimum absolute atomic E-state index is 0.698. The van der Waals surface area contributed by atoms with E-state index >= 15 is 0 Å². The van der Waals surface area contributed by atoms with Gasteiger partial charge in [0, 0.05) is 5.02 Å². The normalized spacial score (nSPS) is 14.4. The number of benzene rings is 1. The van der Waals surface area contributed by atoms with Crippen LogP contribution in [-0.4, -0.2) is 13.1 Å². The molecule has 0 bridgehead atoms. The molecular weight excluding hydrogens is 242 g/mol. The lowest BCUT2D eigenvalue weighted by Crippen LogP contribution is -2.28. The van der Waals surface area contributed by atoms with Crippen molar-refractivity contribution in [2.75, 3.05) is 13.1 Å². The van der Waals surface area contributed by atoms with Crippen molar-refractivity contribution >= 4 is 11.6 Å². The van der Waals surface area contributed by atoms with Gasteiger partial charge in [-0.25, -0.2) is 0 Å². The number of nitrogens with one attached hydrogen (secondary N) is 1. The lowest BCUT2D eigenvalue weighted by Gasteiger charge is -2.24. The van der Waals surface area contributed by atoms with E-state index in [4.69, 9.17) is 11.6 Å². The zero-order valence-corrected chi connectivity index (χ0v) is 12.6. The summed E-state index contributed by atoms with van der Waals surface area (Å²) in [6, 6.07) is 8.27. The predicted molar refractivity (Wildman–Crippen MR) is 81.3 cm³/mol. The molecule has 0 saturated carbocycles. The van der Waals surface area contributed by atoms with Crippen LogP contribution in [0.15, 0.2) is 24.3 Å². The Balaban J connectivity index is 2.64. The minimum Gasteiger partial charge on any atom is -0.317 e. The monoisotopic (exact) mass is 267 g/mol. The molecule has 1 rings (SSSR count). The quantitative estimate of drug-likeness (QED) is 0.729. The van der Waals surface area contributed by atoms with Gasteiger partial charge in [-0.3, -0.25) is 0 Å². The van der Waals surface area contributed by atoms with Gasteiger partial charge in [0.05, 0.1) is 0 Å². The van der Waals surface area contributed by atoms with E-state index in [-0.39, 0.29) is 0 Å². The van der Waals surface area contributed by atoms with Gasteiger partial charge in [0.25, 0.3) is 0 Å². The van der Waals surface area contributed by atoms with E-state index in [2.05, 4.69) is 38.2 Å². The minimum atomic E-state index is 0.698. The molecule has 2 heteroatoms. The third-order valence-corrected chi connectivity index (χ3v) is 3.83. The average Bonchev–Trinajstić information content (AvgIpc) is 2.34. The molecule has 2 unspecified atom stereocenters. The zero-order chi connectivity index (χ0) is 13.4. The second-order valence-corrected chi connectivity index (χ2v) is 5.60. The Morgan fingerprint density at radius 2 is 2.06 bits per heavy atom. The number of hydrogen-bond donors (Lipinski definition) is 1. The molecule has 18 heavy (non-hydrogen) atoms. The van der Waals surface area contributed by atoms with Crippen LogP contribution in [-0.2, 0) is 6.42 Å². The van der Waals surface area contributed by atoms with Crippen molar-refractivity contribution in [2.24, 2.45) is 11.8 Å². The summed E-state index contributed by atoms with van der Waals surface area (Å²) in [7, 11) is 0. The highest BCUT2D eigenvalue weighted by Crippen LogP contribution is 2.22. The molecule has 0 heterocycles. The summed E-state index contributed by atoms with van der Waals surface area (Å²) in [6.45, 7) is 8.95. The summed E-state index contributed by atoms with van der Waals surface area (Å²) in [5.41, 5.74) is 1.35. The maximum atomic E-state index is 6.06. The van der Waals surface area contributed by atoms with Gasteiger partial charge in [0.2, 0.25) is 0 Å². The Morgan fingerprint density at radius 3 is 2.67 bits per heavy atom. The van der Waals surface area contributed by atoms with Gasteiger partial charge in [-0.2, -0.15) is 0 Å². The van der Waals surface area contributed by atoms with E-state index in [1.54, 1.807) is 0 Å². The first-order valence-electron chi connectivity index (χ1n) is 7.12. The molecular formula is C16H26ClN. The molecule has 0 aromatic heterocycles. The first-order valence-corrected chi connectivity index (χ1v) is 7.50. The fourth-order valence-corrected chi connectivity index (χ4v) is 2.67. The fraction of sp³-hybridized carbons (Fsp3) is 0.625. The first-order chi connectivity index (χ1) is 8.67. The smallest absolute Gasteiger partial charge is 0.0408 e. The lowest BCUT2D eigenvalue weighted by atomic mass is 9.85. The molecule has 0 radical (unpaired) electrons. The molecule has 0 fully saturated rings. The molecule has 0 aliphatic heterocycles. The largest absolute Gasteiger partial charge is 0.317 e. The lowest BCUT2D eigenvalue weighted by molar-refractivity contribution is 0.320. The first kappa shape index (κ1) is 15.5. The molecule has 1 aromatic carbocycles. The highest BCUT2D eigenvalue weighted by molar-refractivity contribution is 6.30. The van der Waals surface area contributed by atoms with E-state index in [1.165, 1.54) is 18.4 Å². The Bertz CT molecular complexity index is 338. The van der Waals surface area contributed by atoms with Crippen molar-refractivity contribution < 1.29 is 0 Å². The Labute approximate surface area is 117 Å². The second kappa shape index (κ2) is 8.55. The standard InChI is InChI=1S/C16H26ClN/c1-4-7-13(3)15(12-18-5-2)10-14-8-6-9-16(17)11-14/h6,8-9,11,13,15,18H,4-5,7,10,12H2,1-3H3. The SMILES string of the molecule is CCCC(C)C(CNCC)Cc1cccc(Cl)c1. The van der Waals surface area contributed by atoms with Gasteiger partial charge < -0.3 is 5.32 Å². The van der Waals surface area contributed by atoms with E-state index in [0.29, 0.717) is 5.92 Å². The Morgan fingerprint density at radius 1 is 1.28 bits per heavy atom. The highest BCUT2D eigenvalue weighted by Gasteiger charge is 2.16. The van der Waals surface area contributed by atoms with Crippen molar-refractivity contribution in [1.82, 2.24) is 5.32 Å². The maximum absolute atomic E-state index is 6.06. The summed E-state index contributed by atoms with van der Waals surface area (Å²) in [6.07, 6.45) is 3.69. The van der Waals surface area contributed by atoms with Crippen LogP contribution in [0.25, 0.3) is 0 Å². The van der Waals surface area contributed by atoms with Crippen LogP contribution in [0.5, 0.6) is 0 Å². The molecule has 0 saturated heterocycles. The van der Waals surface area contributed by atoms with Gasteiger partial charge in [-0.15, -0.1) is 0 Å². The molecule has 1 N–H and O–H groups in total. The predicted octanol–water partition coefficient (Wildman–Crippen LogP) is 4.54. The third kappa shape index (κ3) is 5.41. The Kier molecular flexibility index (Phi) is 7.38. The molecule has 0 aliphatic carbocycles.